The highest BCUT2D eigenvalue weighted by molar-refractivity contribution is 7.82. The maximum absolute atomic E-state index is 12.2. The highest BCUT2D eigenvalue weighted by atomic mass is 32.1. The molecule has 2 amide bonds. The molecule has 0 heterocycles. The fraction of sp³-hybridized carbons (Fsp3) is 0.864. The zero-order valence-corrected chi connectivity index (χ0v) is 21.9. The number of carboxylic acid groups (broad SMARTS) is 1. The molecule has 0 aliphatic heterocycles. The van der Waals surface area contributed by atoms with E-state index in [2.05, 4.69) is 73.8 Å². The minimum Gasteiger partial charge on any atom is -0.480 e. The lowest BCUT2D eigenvalue weighted by Gasteiger charge is -2.30. The van der Waals surface area contributed by atoms with Crippen LogP contribution < -0.4 is 16.0 Å². The molecule has 1 unspecified atom stereocenters. The van der Waals surface area contributed by atoms with Crippen molar-refractivity contribution in [1.29, 1.82) is 0 Å². The normalized spacial score (nSPS) is 13.1. The second-order valence-electron chi connectivity index (χ2n) is 9.56. The van der Waals surface area contributed by atoms with E-state index in [9.17, 15) is 19.5 Å². The molecule has 0 spiro atoms. The third-order valence-electron chi connectivity index (χ3n) is 4.68. The van der Waals surface area contributed by atoms with Crippen molar-refractivity contribution in [2.45, 2.75) is 81.8 Å². The number of thiol groups is 2. The molecule has 4 N–H and O–H groups in total. The number of rotatable bonds is 20. The van der Waals surface area contributed by atoms with Crippen molar-refractivity contribution in [3.8, 4) is 0 Å². The van der Waals surface area contributed by atoms with Crippen LogP contribution in [0.5, 0.6) is 0 Å². The lowest BCUT2D eigenvalue weighted by molar-refractivity contribution is -0.142. The molecule has 0 saturated heterocycles. The molecule has 188 valence electrons. The van der Waals surface area contributed by atoms with Crippen molar-refractivity contribution in [3.63, 3.8) is 0 Å². The summed E-state index contributed by atoms with van der Waals surface area (Å²) in [6.07, 6.45) is 4.12. The van der Waals surface area contributed by atoms with E-state index in [1.54, 1.807) is 0 Å². The predicted octanol–water partition coefficient (Wildman–Crippen LogP) is 1.95. The summed E-state index contributed by atoms with van der Waals surface area (Å²) < 4.78 is -0.169. The van der Waals surface area contributed by atoms with Crippen LogP contribution in [0.4, 0.5) is 0 Å². The number of nitrogens with zero attached hydrogens (tertiary/aromatic N) is 1. The van der Waals surface area contributed by atoms with Crippen LogP contribution >= 0.6 is 25.3 Å². The first kappa shape index (κ1) is 31.0. The predicted molar refractivity (Wildman–Crippen MR) is 137 cm³/mol. The zero-order chi connectivity index (χ0) is 24.6. The van der Waals surface area contributed by atoms with Crippen molar-refractivity contribution >= 4 is 43.5 Å². The number of carbonyl (C=O) groups is 3. The number of carbonyl (C=O) groups excluding carboxylic acids is 2. The Hall–Kier alpha value is -0.970. The van der Waals surface area contributed by atoms with Gasteiger partial charge in [0.2, 0.25) is 12.3 Å². The largest absolute Gasteiger partial charge is 0.480 e. The molecule has 8 nitrogen and oxygen atoms in total. The number of aliphatic carboxylic acids is 1. The van der Waals surface area contributed by atoms with Gasteiger partial charge < -0.3 is 26.0 Å². The molecular weight excluding hydrogens is 448 g/mol. The smallest absolute Gasteiger partial charge is 0.326 e. The van der Waals surface area contributed by atoms with E-state index in [1.807, 2.05) is 0 Å². The number of hydrogen-bond donors (Lipinski definition) is 6. The van der Waals surface area contributed by atoms with Crippen LogP contribution in [0.2, 0.25) is 0 Å². The van der Waals surface area contributed by atoms with Gasteiger partial charge in [-0.2, -0.15) is 25.3 Å². The summed E-state index contributed by atoms with van der Waals surface area (Å²) in [6, 6.07) is -0.887. The Labute approximate surface area is 204 Å². The standard InChI is InChI=1S/C22H44N4O4S2/c1-21(2,31)15-23-12-14-26(16-22(3,4)32)13-8-6-10-19(28)25-18(20(29)30)9-5-7-11-24-17-27/h17-18,23,31-32H,5-16H2,1-4H3,(H,24,27)(H,25,28)(H,29,30). The summed E-state index contributed by atoms with van der Waals surface area (Å²) in [5.41, 5.74) is 0. The summed E-state index contributed by atoms with van der Waals surface area (Å²) in [7, 11) is 0. The van der Waals surface area contributed by atoms with Gasteiger partial charge in [-0.05, 0) is 66.3 Å². The van der Waals surface area contributed by atoms with E-state index in [0.29, 0.717) is 45.1 Å². The molecule has 0 saturated carbocycles. The molecule has 0 aliphatic rings. The van der Waals surface area contributed by atoms with Gasteiger partial charge in [0.25, 0.3) is 0 Å². The number of carboxylic acids is 1. The van der Waals surface area contributed by atoms with Crippen LogP contribution in [-0.2, 0) is 14.4 Å². The summed E-state index contributed by atoms with van der Waals surface area (Å²) in [6.45, 7) is 13.1. The number of unbranched alkanes of at least 4 members (excludes halogenated alkanes) is 2. The number of hydrogen-bond acceptors (Lipinski definition) is 7. The van der Waals surface area contributed by atoms with Crippen LogP contribution in [0.25, 0.3) is 0 Å². The SMILES string of the molecule is CC(C)(S)CNCCN(CCCCC(=O)NC(CCCCNC=O)C(=O)O)CC(C)(C)S. The molecule has 0 bridgehead atoms. The van der Waals surface area contributed by atoms with Crippen molar-refractivity contribution in [3.05, 3.63) is 0 Å². The highest BCUT2D eigenvalue weighted by Gasteiger charge is 2.20. The molecule has 32 heavy (non-hydrogen) atoms. The molecule has 0 radical (unpaired) electrons. The molecule has 0 aromatic carbocycles. The van der Waals surface area contributed by atoms with Crippen molar-refractivity contribution in [2.24, 2.45) is 0 Å². The van der Waals surface area contributed by atoms with Crippen LogP contribution in [0.15, 0.2) is 0 Å². The third kappa shape index (κ3) is 19.7. The van der Waals surface area contributed by atoms with Crippen LogP contribution in [0, 0.1) is 0 Å². The fourth-order valence-corrected chi connectivity index (χ4v) is 3.54. The van der Waals surface area contributed by atoms with Gasteiger partial charge in [-0.1, -0.05) is 0 Å². The van der Waals surface area contributed by atoms with Gasteiger partial charge in [0.05, 0.1) is 0 Å². The Morgan fingerprint density at radius 2 is 1.69 bits per heavy atom. The maximum atomic E-state index is 12.2. The lowest BCUT2D eigenvalue weighted by Crippen LogP contribution is -2.42. The zero-order valence-electron chi connectivity index (χ0n) is 20.2. The minimum absolute atomic E-state index is 0.0543. The monoisotopic (exact) mass is 492 g/mol. The Bertz CT molecular complexity index is 551. The second-order valence-corrected chi connectivity index (χ2v) is 12.0. The summed E-state index contributed by atoms with van der Waals surface area (Å²) in [5, 5.41) is 17.9. The summed E-state index contributed by atoms with van der Waals surface area (Å²) in [4.78, 5) is 36.1. The van der Waals surface area contributed by atoms with Crippen LogP contribution in [0.1, 0.15) is 66.2 Å². The van der Waals surface area contributed by atoms with Gasteiger partial charge in [0.1, 0.15) is 6.04 Å². The van der Waals surface area contributed by atoms with E-state index in [4.69, 9.17) is 0 Å². The first-order valence-corrected chi connectivity index (χ1v) is 12.3. The Balaban J connectivity index is 4.30. The lowest BCUT2D eigenvalue weighted by atomic mass is 10.1. The molecule has 0 fully saturated rings. The molecule has 0 aromatic rings. The first-order valence-electron chi connectivity index (χ1n) is 11.4. The van der Waals surface area contributed by atoms with E-state index < -0.39 is 12.0 Å². The molecular formula is C22H44N4O4S2. The fourth-order valence-electron chi connectivity index (χ4n) is 3.23. The average Bonchev–Trinajstić information content (AvgIpc) is 2.65. The Morgan fingerprint density at radius 1 is 1.00 bits per heavy atom. The molecule has 10 heteroatoms. The number of amides is 2. The summed E-state index contributed by atoms with van der Waals surface area (Å²) in [5.74, 6) is -1.26. The van der Waals surface area contributed by atoms with Crippen LogP contribution in [0.3, 0.4) is 0 Å². The van der Waals surface area contributed by atoms with Crippen molar-refractivity contribution < 1.29 is 19.5 Å². The van der Waals surface area contributed by atoms with Gasteiger partial charge in [-0.3, -0.25) is 9.59 Å². The van der Waals surface area contributed by atoms with E-state index in [1.165, 1.54) is 0 Å². The van der Waals surface area contributed by atoms with Gasteiger partial charge in [-0.25, -0.2) is 4.79 Å². The van der Waals surface area contributed by atoms with Crippen LogP contribution in [-0.4, -0.2) is 83.1 Å². The summed E-state index contributed by atoms with van der Waals surface area (Å²) >= 11 is 9.18. The first-order chi connectivity index (χ1) is 14.8. The number of nitrogens with one attached hydrogen (secondary N) is 3. The second kappa shape index (κ2) is 16.6. The van der Waals surface area contributed by atoms with Gasteiger partial charge in [-0.15, -0.1) is 0 Å². The maximum Gasteiger partial charge on any atom is 0.326 e. The minimum atomic E-state index is -1.03. The topological polar surface area (TPSA) is 111 Å². The average molecular weight is 493 g/mol. The van der Waals surface area contributed by atoms with Crippen molar-refractivity contribution in [1.82, 2.24) is 20.9 Å². The molecule has 1 atom stereocenters. The third-order valence-corrected chi connectivity index (χ3v) is 4.98. The van der Waals surface area contributed by atoms with Gasteiger partial charge in [0.15, 0.2) is 0 Å². The Morgan fingerprint density at radius 3 is 2.25 bits per heavy atom. The van der Waals surface area contributed by atoms with E-state index >= 15 is 0 Å². The van der Waals surface area contributed by atoms with Crippen molar-refractivity contribution in [2.75, 3.05) is 39.3 Å². The van der Waals surface area contributed by atoms with Gasteiger partial charge >= 0.3 is 5.97 Å². The molecule has 0 aromatic heterocycles. The Kier molecular flexibility index (Phi) is 16.1. The molecule has 0 aliphatic carbocycles. The van der Waals surface area contributed by atoms with E-state index in [-0.39, 0.29) is 15.4 Å². The van der Waals surface area contributed by atoms with E-state index in [0.717, 1.165) is 39.1 Å². The van der Waals surface area contributed by atoms with Gasteiger partial charge in [0, 0.05) is 48.6 Å². The molecule has 0 rings (SSSR count). The quantitative estimate of drug-likeness (QED) is 0.0881. The highest BCUT2D eigenvalue weighted by Crippen LogP contribution is 2.15.